The summed E-state index contributed by atoms with van der Waals surface area (Å²) >= 11 is 12.6. The van der Waals surface area contributed by atoms with Crippen LogP contribution < -0.4 is 5.32 Å². The standard InChI is InChI=1S/C26H23Cl2FN4O2/c27-22-6-3-4-19(25(22)28)15-33(14-18-7-9-20(29)10-8-18)16-24-32-23(17-35-24)26(34)31-13-11-21-5-1-2-12-30-21/h1-10,12,17H,11,13-16H2,(H,31,34). The molecule has 1 N–H and O–H groups in total. The third-order valence-electron chi connectivity index (χ3n) is 5.28. The average molecular weight is 513 g/mol. The number of hydrogen-bond donors (Lipinski definition) is 1. The number of aromatic nitrogens is 2. The maximum absolute atomic E-state index is 13.4. The predicted octanol–water partition coefficient (Wildman–Crippen LogP) is 5.69. The molecule has 0 spiro atoms. The van der Waals surface area contributed by atoms with Crippen LogP contribution in [0.1, 0.15) is 33.2 Å². The van der Waals surface area contributed by atoms with Gasteiger partial charge in [-0.2, -0.15) is 0 Å². The maximum Gasteiger partial charge on any atom is 0.273 e. The van der Waals surface area contributed by atoms with Crippen LogP contribution in [0.5, 0.6) is 0 Å². The molecule has 0 radical (unpaired) electrons. The number of pyridine rings is 1. The average Bonchev–Trinajstić information content (AvgIpc) is 3.33. The molecule has 6 nitrogen and oxygen atoms in total. The van der Waals surface area contributed by atoms with E-state index < -0.39 is 0 Å². The Hall–Kier alpha value is -3.26. The van der Waals surface area contributed by atoms with Crippen molar-refractivity contribution in [3.63, 3.8) is 0 Å². The van der Waals surface area contributed by atoms with Crippen LogP contribution in [0.2, 0.25) is 10.0 Å². The molecule has 0 atom stereocenters. The molecule has 2 heterocycles. The van der Waals surface area contributed by atoms with Crippen molar-refractivity contribution in [2.24, 2.45) is 0 Å². The summed E-state index contributed by atoms with van der Waals surface area (Å²) in [6.07, 6.45) is 3.67. The van der Waals surface area contributed by atoms with Gasteiger partial charge < -0.3 is 9.73 Å². The fourth-order valence-electron chi connectivity index (χ4n) is 3.55. The Morgan fingerprint density at radius 2 is 1.83 bits per heavy atom. The van der Waals surface area contributed by atoms with Crippen LogP contribution in [0.15, 0.2) is 77.5 Å². The third-order valence-corrected chi connectivity index (χ3v) is 6.14. The Bertz CT molecular complexity index is 1270. The second-order valence-electron chi connectivity index (χ2n) is 7.94. The lowest BCUT2D eigenvalue weighted by atomic mass is 10.1. The van der Waals surface area contributed by atoms with Gasteiger partial charge in [-0.25, -0.2) is 9.37 Å². The Morgan fingerprint density at radius 3 is 2.60 bits per heavy atom. The van der Waals surface area contributed by atoms with Crippen molar-refractivity contribution in [2.45, 2.75) is 26.1 Å². The number of carbonyl (C=O) groups is 1. The lowest BCUT2D eigenvalue weighted by molar-refractivity contribution is 0.0949. The topological polar surface area (TPSA) is 71.3 Å². The first-order chi connectivity index (χ1) is 17.0. The van der Waals surface area contributed by atoms with Crippen molar-refractivity contribution in [2.75, 3.05) is 6.54 Å². The summed E-state index contributed by atoms with van der Waals surface area (Å²) in [6, 6.07) is 17.4. The van der Waals surface area contributed by atoms with Gasteiger partial charge in [0.15, 0.2) is 5.69 Å². The van der Waals surface area contributed by atoms with E-state index in [1.807, 2.05) is 35.2 Å². The first-order valence-corrected chi connectivity index (χ1v) is 11.8. The highest BCUT2D eigenvalue weighted by atomic mass is 35.5. The Labute approximate surface area is 212 Å². The molecule has 0 saturated heterocycles. The molecule has 180 valence electrons. The Kier molecular flexibility index (Phi) is 8.47. The highest BCUT2D eigenvalue weighted by Crippen LogP contribution is 2.27. The number of nitrogens with zero attached hydrogens (tertiary/aromatic N) is 3. The first-order valence-electron chi connectivity index (χ1n) is 11.0. The molecule has 0 fully saturated rings. The number of rotatable bonds is 10. The van der Waals surface area contributed by atoms with Gasteiger partial charge in [0, 0.05) is 37.9 Å². The molecule has 4 aromatic rings. The molecule has 0 bridgehead atoms. The lowest BCUT2D eigenvalue weighted by Crippen LogP contribution is -2.26. The second-order valence-corrected chi connectivity index (χ2v) is 8.72. The minimum absolute atomic E-state index is 0.198. The van der Waals surface area contributed by atoms with Crippen molar-refractivity contribution in [3.8, 4) is 0 Å². The number of nitrogens with one attached hydrogen (secondary N) is 1. The molecule has 1 amide bonds. The van der Waals surface area contributed by atoms with Crippen LogP contribution in [0.4, 0.5) is 4.39 Å². The normalized spacial score (nSPS) is 11.1. The van der Waals surface area contributed by atoms with Crippen LogP contribution >= 0.6 is 23.2 Å². The van der Waals surface area contributed by atoms with Crippen LogP contribution in [0.3, 0.4) is 0 Å². The van der Waals surface area contributed by atoms with Crippen molar-refractivity contribution >= 4 is 29.1 Å². The van der Waals surface area contributed by atoms with E-state index in [-0.39, 0.29) is 17.4 Å². The van der Waals surface area contributed by atoms with Crippen molar-refractivity contribution in [1.82, 2.24) is 20.2 Å². The second kappa shape index (κ2) is 11.9. The van der Waals surface area contributed by atoms with Gasteiger partial charge in [0.25, 0.3) is 5.91 Å². The third kappa shape index (κ3) is 7.11. The number of benzene rings is 2. The van der Waals surface area contributed by atoms with Gasteiger partial charge >= 0.3 is 0 Å². The van der Waals surface area contributed by atoms with Gasteiger partial charge in [0.1, 0.15) is 12.1 Å². The summed E-state index contributed by atoms with van der Waals surface area (Å²) in [5, 5.41) is 3.77. The molecule has 0 aliphatic carbocycles. The Balaban J connectivity index is 1.42. The predicted molar refractivity (Wildman–Crippen MR) is 133 cm³/mol. The zero-order valence-electron chi connectivity index (χ0n) is 18.8. The highest BCUT2D eigenvalue weighted by molar-refractivity contribution is 6.42. The maximum atomic E-state index is 13.4. The molecule has 0 aliphatic heterocycles. The SMILES string of the molecule is O=C(NCCc1ccccn1)c1coc(CN(Cc2ccc(F)cc2)Cc2cccc(Cl)c2Cl)n1. The monoisotopic (exact) mass is 512 g/mol. The molecule has 2 aromatic carbocycles. The number of halogens is 3. The summed E-state index contributed by atoms with van der Waals surface area (Å²) in [4.78, 5) is 23.1. The van der Waals surface area contributed by atoms with E-state index in [1.54, 1.807) is 24.4 Å². The van der Waals surface area contributed by atoms with Crippen LogP contribution in [0.25, 0.3) is 0 Å². The summed E-state index contributed by atoms with van der Waals surface area (Å²) in [5.41, 5.74) is 2.83. The number of hydrogen-bond acceptors (Lipinski definition) is 5. The zero-order valence-corrected chi connectivity index (χ0v) is 20.3. The fourth-order valence-corrected chi connectivity index (χ4v) is 3.93. The molecule has 0 saturated carbocycles. The quantitative estimate of drug-likeness (QED) is 0.295. The molecule has 0 unspecified atom stereocenters. The Morgan fingerprint density at radius 1 is 1.00 bits per heavy atom. The van der Waals surface area contributed by atoms with E-state index in [0.717, 1.165) is 16.8 Å². The molecular weight excluding hydrogens is 490 g/mol. The molecule has 2 aromatic heterocycles. The van der Waals surface area contributed by atoms with E-state index in [1.165, 1.54) is 18.4 Å². The summed E-state index contributed by atoms with van der Waals surface area (Å²) in [6.45, 7) is 1.67. The van der Waals surface area contributed by atoms with Gasteiger partial charge in [0.2, 0.25) is 5.89 Å². The van der Waals surface area contributed by atoms with Crippen molar-refractivity contribution < 1.29 is 13.6 Å². The van der Waals surface area contributed by atoms with E-state index in [2.05, 4.69) is 15.3 Å². The fraction of sp³-hybridized carbons (Fsp3) is 0.192. The van der Waals surface area contributed by atoms with Gasteiger partial charge in [-0.05, 0) is 41.5 Å². The highest BCUT2D eigenvalue weighted by Gasteiger charge is 2.17. The molecule has 9 heteroatoms. The van der Waals surface area contributed by atoms with E-state index in [9.17, 15) is 9.18 Å². The zero-order chi connectivity index (χ0) is 24.6. The molecular formula is C26H23Cl2FN4O2. The largest absolute Gasteiger partial charge is 0.447 e. The van der Waals surface area contributed by atoms with E-state index in [0.29, 0.717) is 48.5 Å². The number of amides is 1. The minimum Gasteiger partial charge on any atom is -0.447 e. The molecule has 4 rings (SSSR count). The van der Waals surface area contributed by atoms with Crippen LogP contribution in [0, 0.1) is 5.82 Å². The van der Waals surface area contributed by atoms with Gasteiger partial charge in [-0.1, -0.05) is 53.5 Å². The van der Waals surface area contributed by atoms with Gasteiger partial charge in [-0.3, -0.25) is 14.7 Å². The minimum atomic E-state index is -0.320. The van der Waals surface area contributed by atoms with Crippen molar-refractivity contribution in [1.29, 1.82) is 0 Å². The smallest absolute Gasteiger partial charge is 0.273 e. The van der Waals surface area contributed by atoms with E-state index in [4.69, 9.17) is 27.6 Å². The molecule has 35 heavy (non-hydrogen) atoms. The first kappa shape index (κ1) is 24.9. The van der Waals surface area contributed by atoms with Crippen LogP contribution in [-0.2, 0) is 26.1 Å². The van der Waals surface area contributed by atoms with Crippen molar-refractivity contribution in [3.05, 3.63) is 117 Å². The summed E-state index contributed by atoms with van der Waals surface area (Å²) < 4.78 is 19.0. The number of oxazole rings is 1. The summed E-state index contributed by atoms with van der Waals surface area (Å²) in [5.74, 6) is -0.247. The summed E-state index contributed by atoms with van der Waals surface area (Å²) in [7, 11) is 0. The number of carbonyl (C=O) groups excluding carboxylic acids is 1. The van der Waals surface area contributed by atoms with Crippen LogP contribution in [-0.4, -0.2) is 27.3 Å². The molecule has 0 aliphatic rings. The van der Waals surface area contributed by atoms with Gasteiger partial charge in [0.05, 0.1) is 16.6 Å². The lowest BCUT2D eigenvalue weighted by Gasteiger charge is -2.22. The van der Waals surface area contributed by atoms with Gasteiger partial charge in [-0.15, -0.1) is 0 Å². The van der Waals surface area contributed by atoms with E-state index >= 15 is 0 Å².